The summed E-state index contributed by atoms with van der Waals surface area (Å²) in [5.41, 5.74) is -1.63. The first kappa shape index (κ1) is 9.32. The lowest BCUT2D eigenvalue weighted by molar-refractivity contribution is -0.132. The van der Waals surface area contributed by atoms with E-state index in [1.165, 1.54) is 0 Å². The van der Waals surface area contributed by atoms with E-state index in [9.17, 15) is 9.70 Å². The van der Waals surface area contributed by atoms with Gasteiger partial charge in [0, 0.05) is 0 Å². The number of carbonyl (C=O) groups is 1. The zero-order chi connectivity index (χ0) is 9.57. The largest absolute Gasteiger partial charge is 0.359 e. The molecule has 12 heavy (non-hydrogen) atoms. The first-order valence-electron chi connectivity index (χ1n) is 3.88. The van der Waals surface area contributed by atoms with E-state index < -0.39 is 17.2 Å². The minimum absolute atomic E-state index is 0.234. The van der Waals surface area contributed by atoms with Crippen molar-refractivity contribution in [3.63, 3.8) is 0 Å². The molecule has 0 aromatic heterocycles. The predicted molar refractivity (Wildman–Crippen MR) is 43.8 cm³/mol. The first-order valence-corrected chi connectivity index (χ1v) is 3.88. The van der Waals surface area contributed by atoms with Gasteiger partial charge >= 0.3 is 0 Å². The summed E-state index contributed by atoms with van der Waals surface area (Å²) < 4.78 is 5.41. The fraction of sp³-hybridized carbons (Fsp3) is 0.875. The highest BCUT2D eigenvalue weighted by Gasteiger charge is 2.54. The summed E-state index contributed by atoms with van der Waals surface area (Å²) >= 11 is 0. The summed E-state index contributed by atoms with van der Waals surface area (Å²) in [5, 5.41) is 2.79. The maximum Gasteiger partial charge on any atom is 0.195 e. The topological polar surface area (TPSA) is 55.7 Å². The van der Waals surface area contributed by atoms with Crippen LogP contribution in [0.2, 0.25) is 0 Å². The Morgan fingerprint density at radius 1 is 1.33 bits per heavy atom. The molecule has 1 aliphatic heterocycles. The molecule has 1 saturated heterocycles. The maximum atomic E-state index is 11.5. The summed E-state index contributed by atoms with van der Waals surface area (Å²) in [6, 6.07) is -0.868. The zero-order valence-corrected chi connectivity index (χ0v) is 7.75. The molecule has 1 unspecified atom stereocenters. The summed E-state index contributed by atoms with van der Waals surface area (Å²) in [5.74, 6) is -0.234. The average Bonchev–Trinajstić information content (AvgIpc) is 1.98. The molecule has 0 aromatic rings. The molecule has 0 aliphatic carbocycles. The Bertz CT molecular complexity index is 232. The van der Waals surface area contributed by atoms with Crippen molar-refractivity contribution in [2.45, 2.75) is 44.9 Å². The van der Waals surface area contributed by atoms with Crippen molar-refractivity contribution in [1.29, 1.82) is 0 Å². The molecular formula is C8H13NO3. The SMILES string of the molecule is CC1(C)OC(C)(C)C(N=O)C1=O. The minimum atomic E-state index is -0.873. The maximum absolute atomic E-state index is 11.5. The monoisotopic (exact) mass is 171 g/mol. The molecule has 0 radical (unpaired) electrons. The van der Waals surface area contributed by atoms with Crippen molar-refractivity contribution in [1.82, 2.24) is 0 Å². The van der Waals surface area contributed by atoms with E-state index >= 15 is 0 Å². The minimum Gasteiger partial charge on any atom is -0.359 e. The highest BCUT2D eigenvalue weighted by molar-refractivity contribution is 5.94. The molecule has 0 amide bonds. The number of ketones is 1. The van der Waals surface area contributed by atoms with Gasteiger partial charge in [0.1, 0.15) is 5.60 Å². The molecule has 0 spiro atoms. The number of rotatable bonds is 1. The quantitative estimate of drug-likeness (QED) is 0.558. The standard InChI is InChI=1S/C8H13NO3/c1-7(2)5(9-11)6(10)8(3,4)12-7/h5H,1-4H3. The molecule has 1 rings (SSSR count). The van der Waals surface area contributed by atoms with Gasteiger partial charge < -0.3 is 4.74 Å². The van der Waals surface area contributed by atoms with Crippen LogP contribution in [0.5, 0.6) is 0 Å². The molecule has 4 heteroatoms. The zero-order valence-electron chi connectivity index (χ0n) is 7.75. The molecule has 68 valence electrons. The Labute approximate surface area is 71.3 Å². The van der Waals surface area contributed by atoms with E-state index in [4.69, 9.17) is 4.74 Å². The Hall–Kier alpha value is -0.770. The van der Waals surface area contributed by atoms with Gasteiger partial charge in [0.25, 0.3) is 0 Å². The van der Waals surface area contributed by atoms with Gasteiger partial charge in [0.2, 0.25) is 0 Å². The predicted octanol–water partition coefficient (Wildman–Crippen LogP) is 1.28. The van der Waals surface area contributed by atoms with Crippen molar-refractivity contribution >= 4 is 5.78 Å². The number of hydrogen-bond donors (Lipinski definition) is 0. The Kier molecular flexibility index (Phi) is 1.83. The normalized spacial score (nSPS) is 32.0. The van der Waals surface area contributed by atoms with Gasteiger partial charge in [-0.3, -0.25) is 4.79 Å². The number of nitroso groups, excluding NO2 is 1. The van der Waals surface area contributed by atoms with Crippen molar-refractivity contribution in [2.75, 3.05) is 0 Å². The van der Waals surface area contributed by atoms with E-state index in [2.05, 4.69) is 5.18 Å². The second-order valence-corrected chi connectivity index (χ2v) is 4.09. The number of hydrogen-bond acceptors (Lipinski definition) is 4. The molecule has 1 atom stereocenters. The van der Waals surface area contributed by atoms with Crippen LogP contribution in [0.15, 0.2) is 5.18 Å². The molecule has 1 heterocycles. The second kappa shape index (κ2) is 2.36. The highest BCUT2D eigenvalue weighted by atomic mass is 16.5. The fourth-order valence-corrected chi connectivity index (χ4v) is 1.58. The molecule has 0 N–H and O–H groups in total. The molecule has 0 saturated carbocycles. The van der Waals surface area contributed by atoms with Crippen molar-refractivity contribution < 1.29 is 9.53 Å². The van der Waals surface area contributed by atoms with Gasteiger partial charge in [-0.15, -0.1) is 4.91 Å². The van der Waals surface area contributed by atoms with Gasteiger partial charge in [-0.05, 0) is 27.7 Å². The van der Waals surface area contributed by atoms with Crippen LogP contribution in [-0.4, -0.2) is 23.0 Å². The lowest BCUT2D eigenvalue weighted by Crippen LogP contribution is -2.33. The average molecular weight is 171 g/mol. The Morgan fingerprint density at radius 2 is 1.83 bits per heavy atom. The second-order valence-electron chi connectivity index (χ2n) is 4.09. The van der Waals surface area contributed by atoms with Gasteiger partial charge in [-0.1, -0.05) is 5.18 Å². The number of ether oxygens (including phenoxy) is 1. The van der Waals surface area contributed by atoms with Crippen LogP contribution in [0, 0.1) is 4.91 Å². The summed E-state index contributed by atoms with van der Waals surface area (Å²) in [4.78, 5) is 21.8. The van der Waals surface area contributed by atoms with Gasteiger partial charge in [0.05, 0.1) is 5.60 Å². The lowest BCUT2D eigenvalue weighted by atomic mass is 9.94. The molecule has 4 nitrogen and oxygen atoms in total. The Morgan fingerprint density at radius 3 is 2.00 bits per heavy atom. The van der Waals surface area contributed by atoms with E-state index in [-0.39, 0.29) is 5.78 Å². The summed E-state index contributed by atoms with van der Waals surface area (Å²) in [6.07, 6.45) is 0. The van der Waals surface area contributed by atoms with E-state index in [1.54, 1.807) is 27.7 Å². The van der Waals surface area contributed by atoms with E-state index in [1.807, 2.05) is 0 Å². The first-order chi connectivity index (χ1) is 5.31. The van der Waals surface area contributed by atoms with Crippen LogP contribution in [0.3, 0.4) is 0 Å². The third-order valence-electron chi connectivity index (χ3n) is 2.12. The van der Waals surface area contributed by atoms with E-state index in [0.29, 0.717) is 0 Å². The Balaban J connectivity index is 3.03. The third-order valence-corrected chi connectivity index (χ3v) is 2.12. The highest BCUT2D eigenvalue weighted by Crippen LogP contribution is 2.36. The van der Waals surface area contributed by atoms with Crippen LogP contribution in [0.1, 0.15) is 27.7 Å². The van der Waals surface area contributed by atoms with Crippen LogP contribution in [0.4, 0.5) is 0 Å². The third kappa shape index (κ3) is 1.16. The molecule has 1 aliphatic rings. The van der Waals surface area contributed by atoms with Gasteiger partial charge in [-0.2, -0.15) is 0 Å². The number of Topliss-reactive ketones (excluding diaryl/α,β-unsaturated/α-hetero) is 1. The van der Waals surface area contributed by atoms with Crippen LogP contribution < -0.4 is 0 Å². The number of carbonyl (C=O) groups excluding carboxylic acids is 1. The summed E-state index contributed by atoms with van der Waals surface area (Å²) in [6.45, 7) is 6.71. The smallest absolute Gasteiger partial charge is 0.195 e. The molecular weight excluding hydrogens is 158 g/mol. The summed E-state index contributed by atoms with van der Waals surface area (Å²) in [7, 11) is 0. The molecule has 0 aromatic carbocycles. The molecule has 1 fully saturated rings. The van der Waals surface area contributed by atoms with Crippen LogP contribution in [-0.2, 0) is 9.53 Å². The van der Waals surface area contributed by atoms with Gasteiger partial charge in [0.15, 0.2) is 11.8 Å². The molecule has 0 bridgehead atoms. The lowest BCUT2D eigenvalue weighted by Gasteiger charge is -2.22. The van der Waals surface area contributed by atoms with E-state index in [0.717, 1.165) is 0 Å². The number of nitrogens with zero attached hydrogens (tertiary/aromatic N) is 1. The van der Waals surface area contributed by atoms with Crippen molar-refractivity contribution in [2.24, 2.45) is 5.18 Å². The van der Waals surface area contributed by atoms with Crippen molar-refractivity contribution in [3.8, 4) is 0 Å². The van der Waals surface area contributed by atoms with Crippen LogP contribution >= 0.6 is 0 Å². The fourth-order valence-electron chi connectivity index (χ4n) is 1.58. The van der Waals surface area contributed by atoms with Gasteiger partial charge in [-0.25, -0.2) is 0 Å². The van der Waals surface area contributed by atoms with Crippen LogP contribution in [0.25, 0.3) is 0 Å². The van der Waals surface area contributed by atoms with Crippen molar-refractivity contribution in [3.05, 3.63) is 4.91 Å².